The van der Waals surface area contributed by atoms with E-state index in [0.717, 1.165) is 57.6 Å². The highest BCUT2D eigenvalue weighted by molar-refractivity contribution is 9.11. The van der Waals surface area contributed by atoms with E-state index in [0.29, 0.717) is 93.0 Å². The van der Waals surface area contributed by atoms with Gasteiger partial charge in [-0.2, -0.15) is 0 Å². The molecule has 0 aromatic heterocycles. The largest absolute Gasteiger partial charge is 0.480 e. The van der Waals surface area contributed by atoms with Crippen molar-refractivity contribution in [1.82, 2.24) is 0 Å². The lowest BCUT2D eigenvalue weighted by Crippen LogP contribution is -2.44. The number of carboxylic acid groups (broad SMARTS) is 3. The Morgan fingerprint density at radius 3 is 1.01 bits per heavy atom. The summed E-state index contributed by atoms with van der Waals surface area (Å²) in [4.78, 5) is 77.3. The first kappa shape index (κ1) is 125. The number of esters is 3. The van der Waals surface area contributed by atoms with Crippen molar-refractivity contribution in [2.45, 2.75) is 199 Å². The summed E-state index contributed by atoms with van der Waals surface area (Å²) in [6, 6.07) is 64.3. The van der Waals surface area contributed by atoms with Gasteiger partial charge in [0.25, 0.3) is 0 Å². The number of carboxylic acids is 3. The molecule has 11 N–H and O–H groups in total. The van der Waals surface area contributed by atoms with Gasteiger partial charge in [0.05, 0.1) is 64.8 Å². The number of carbonyl (C=O) groups is 6. The molecular weight excluding hydrogens is 2250 g/mol. The van der Waals surface area contributed by atoms with E-state index in [9.17, 15) is 60.2 Å². The van der Waals surface area contributed by atoms with Gasteiger partial charge in [-0.3, -0.25) is 24.4 Å². The van der Waals surface area contributed by atoms with Gasteiger partial charge in [0.1, 0.15) is 78.2 Å². The SMILES string of the molecule is CC(C)(C)OC(=O)CN=C(c1ccccc1)c1ccccc1.CC(C)(C)OC(=O)[C@@H](N)Cc1ccc(Br)c(F)c1.CC(C)(C)OC(=O)[C@H](Cc1ccc(Br)c(F)c1)N=C(c1ccccc1)c1ccccc1.CC(C)(O)C(C)(C)O.Fc1cc(CBr)ccc1Br.N[C@@H](Cc1ccc(Br)c(F)c1)C(=O)O.O=C(O)[C@@H](O)Cc1ccc(Br)c(F)c1.O=C(O)[C@@H](O)Cc1ccc(C2=CCOCC2)c(F)c1.[B]C1=CCOCC1. The van der Waals surface area contributed by atoms with Crippen LogP contribution in [0.2, 0.25) is 0 Å². The highest BCUT2D eigenvalue weighted by atomic mass is 79.9. The van der Waals surface area contributed by atoms with Gasteiger partial charge < -0.3 is 70.9 Å². The normalized spacial score (nSPS) is 13.2. The number of aliphatic imine (C=N–C) groups is 2. The summed E-state index contributed by atoms with van der Waals surface area (Å²) in [5.41, 5.74) is 18.7. The molecule has 2 aliphatic rings. The van der Waals surface area contributed by atoms with Crippen LogP contribution in [0.5, 0.6) is 0 Å². The average Bonchev–Trinajstić information content (AvgIpc) is 0.822. The number of rotatable bonds is 25. The first-order chi connectivity index (χ1) is 66.8. The summed E-state index contributed by atoms with van der Waals surface area (Å²) in [7, 11) is 5.42. The van der Waals surface area contributed by atoms with Gasteiger partial charge >= 0.3 is 35.8 Å². The molecule has 5 atom stereocenters. The molecular formula is C108H121BBr6F6N4O18. The lowest BCUT2D eigenvalue weighted by Gasteiger charge is -2.31. The number of nitrogens with two attached hydrogens (primary N) is 2. The highest BCUT2D eigenvalue weighted by Gasteiger charge is 2.33. The summed E-state index contributed by atoms with van der Waals surface area (Å²) in [5.74, 6) is -7.21. The van der Waals surface area contributed by atoms with E-state index in [2.05, 4.69) is 101 Å². The monoisotopic (exact) mass is 2360 g/mol. The zero-order valence-electron chi connectivity index (χ0n) is 81.5. The predicted octanol–water partition coefficient (Wildman–Crippen LogP) is 22.3. The lowest BCUT2D eigenvalue weighted by atomic mass is 9.90. The van der Waals surface area contributed by atoms with E-state index < -0.39 is 106 Å². The van der Waals surface area contributed by atoms with E-state index in [4.69, 9.17) is 78.6 Å². The second kappa shape index (κ2) is 62.1. The van der Waals surface area contributed by atoms with E-state index in [1.165, 1.54) is 48.5 Å². The lowest BCUT2D eigenvalue weighted by molar-refractivity contribution is -0.157. The number of carbonyl (C=O) groups excluding carboxylic acids is 3. The minimum absolute atomic E-state index is 0.0103. The molecule has 10 aromatic rings. The summed E-state index contributed by atoms with van der Waals surface area (Å²) in [6.45, 7) is 25.2. The van der Waals surface area contributed by atoms with Crippen LogP contribution in [-0.2, 0) is 89.9 Å². The third kappa shape index (κ3) is 50.1. The number of ether oxygens (including phenoxy) is 5. The predicted molar refractivity (Wildman–Crippen MR) is 567 cm³/mol. The minimum atomic E-state index is -1.51. The molecule has 143 heavy (non-hydrogen) atoms. The van der Waals surface area contributed by atoms with E-state index >= 15 is 0 Å². The number of benzene rings is 10. The Morgan fingerprint density at radius 1 is 0.399 bits per heavy atom. The number of hydrogen-bond acceptors (Lipinski definition) is 19. The molecule has 0 amide bonds. The fraction of sp³-hybridized carbons (Fsp3) is 0.333. The summed E-state index contributed by atoms with van der Waals surface area (Å²) >= 11 is 18.5. The standard InChI is InChI=1S/C26H25BrFNO2.C19H21NO2.C14H15FO4.C13H17BrFNO2.C9H9BrFNO2.C9H8BrFO3.C7H5Br2F.C6H14O2.C5H7BO/c1-26(2,3)31-25(30)23(17-18-14-15-21(27)22(28)16-18)29-24(19-10-6-4-7-11-19)20-12-8-5-9-13-20;1-19(2,3)22-17(21)14-20-18(15-10-6-4-7-11-15)16-12-8-5-9-13-16;15-12-7-9(8-13(16)14(17)18)1-2-11(12)10-3-5-19-6-4-10;1-13(2,3)18-12(17)11(16)7-8-4-5-9(14)10(15)6-8;2*10-6-2-1-5(3-7(6)11)4-8(12)9(13)14;8-4-5-1-2-6(9)7(10)3-5;1-5(2,7)6(3,4)8;6-5-1-3-7-4-2-5/h4-16,23H,17H2,1-3H3;4-13H,14H2,1-3H3;1-3,7,13,16H,4-6,8H2,(H,17,18);4-6,11H,7,16H2,1-3H3;1-3,8H,4,12H2,(H,13,14);1-3,8,12H,4H2,(H,13,14);1-3H,4H2;7-8H,1-4H3;1H,2-4H2/t23-;;13-;11-;2*8-;;;/m0.0000.../s1. The molecule has 22 nitrogen and oxygen atoms in total. The van der Waals surface area contributed by atoms with Crippen LogP contribution in [0.4, 0.5) is 26.3 Å². The minimum Gasteiger partial charge on any atom is -0.480 e. The van der Waals surface area contributed by atoms with Gasteiger partial charge in [-0.05, 0) is 301 Å². The second-order valence-electron chi connectivity index (χ2n) is 36.0. The van der Waals surface area contributed by atoms with Crippen LogP contribution >= 0.6 is 95.6 Å². The Morgan fingerprint density at radius 2 is 0.713 bits per heavy atom. The molecule has 2 aliphatic heterocycles. The third-order valence-corrected chi connectivity index (χ3v) is 23.5. The Kier molecular flexibility index (Phi) is 54.5. The number of aliphatic hydroxyl groups excluding tert-OH is 2. The molecule has 35 heteroatoms. The molecule has 0 saturated heterocycles. The molecule has 0 unspecified atom stereocenters. The Balaban J connectivity index is 0.000000346. The highest BCUT2D eigenvalue weighted by Crippen LogP contribution is 2.29. The van der Waals surface area contributed by atoms with Gasteiger partial charge in [-0.1, -0.05) is 192 Å². The van der Waals surface area contributed by atoms with Crippen molar-refractivity contribution in [2.24, 2.45) is 21.5 Å². The Hall–Kier alpha value is -9.96. The van der Waals surface area contributed by atoms with Gasteiger partial charge in [0.2, 0.25) is 0 Å². The fourth-order valence-electron chi connectivity index (χ4n) is 11.7. The molecule has 12 rings (SSSR count). The first-order valence-electron chi connectivity index (χ1n) is 44.7. The van der Waals surface area contributed by atoms with Crippen LogP contribution in [0.25, 0.3) is 5.57 Å². The number of aliphatic hydroxyl groups is 4. The van der Waals surface area contributed by atoms with Crippen LogP contribution in [0, 0.1) is 34.9 Å². The quantitative estimate of drug-likeness (QED) is 0.00641. The third-order valence-electron chi connectivity index (χ3n) is 19.6. The summed E-state index contributed by atoms with van der Waals surface area (Å²) < 4.78 is 108. The maximum atomic E-state index is 14.1. The maximum absolute atomic E-state index is 14.1. The molecule has 0 fully saturated rings. The van der Waals surface area contributed by atoms with Gasteiger partial charge in [-0.25, -0.2) is 40.7 Å². The van der Waals surface area contributed by atoms with E-state index in [1.54, 1.807) is 103 Å². The maximum Gasteiger partial charge on any atom is 0.332 e. The average molecular weight is 2370 g/mol. The van der Waals surface area contributed by atoms with Crippen LogP contribution in [-0.4, -0.2) is 182 Å². The number of nitrogens with zero attached hydrogens (tertiary/aromatic N) is 2. The topological polar surface area (TPSA) is 367 Å². The van der Waals surface area contributed by atoms with Crippen molar-refractivity contribution in [2.75, 3.05) is 33.0 Å². The molecule has 0 bridgehead atoms. The summed E-state index contributed by atoms with van der Waals surface area (Å²) in [5, 5.41) is 62.7. The molecule has 0 aliphatic carbocycles. The zero-order valence-corrected chi connectivity index (χ0v) is 91.0. The van der Waals surface area contributed by atoms with Crippen molar-refractivity contribution in [3.8, 4) is 0 Å². The fourth-order valence-corrected chi connectivity index (χ4v) is 13.3. The zero-order chi connectivity index (χ0) is 107. The van der Waals surface area contributed by atoms with Crippen molar-refractivity contribution in [1.29, 1.82) is 0 Å². The number of hydrogen-bond donors (Lipinski definition) is 9. The van der Waals surface area contributed by atoms with Crippen molar-refractivity contribution in [3.05, 3.63) is 367 Å². The smallest absolute Gasteiger partial charge is 0.332 e. The van der Waals surface area contributed by atoms with Crippen LogP contribution < -0.4 is 11.5 Å². The van der Waals surface area contributed by atoms with Crippen molar-refractivity contribution >= 4 is 156 Å². The Labute approximate surface area is 883 Å². The summed E-state index contributed by atoms with van der Waals surface area (Å²) in [6.07, 6.45) is 2.71. The molecule has 2 radical (unpaired) electrons. The van der Waals surface area contributed by atoms with Crippen LogP contribution in [0.15, 0.2) is 280 Å². The molecule has 0 saturated carbocycles. The van der Waals surface area contributed by atoms with Crippen molar-refractivity contribution in [3.63, 3.8) is 0 Å². The molecule has 10 aromatic carbocycles. The van der Waals surface area contributed by atoms with E-state index in [-0.39, 0.29) is 62.1 Å². The van der Waals surface area contributed by atoms with Gasteiger partial charge in [0.15, 0.2) is 18.2 Å². The number of halogens is 12. The van der Waals surface area contributed by atoms with E-state index in [1.807, 2.05) is 181 Å². The first-order valence-corrected chi connectivity index (χ1v) is 49.8. The second-order valence-corrected chi connectivity index (χ2v) is 40.9. The molecule has 0 spiro atoms. The van der Waals surface area contributed by atoms with Crippen LogP contribution in [0.1, 0.15) is 164 Å². The van der Waals surface area contributed by atoms with Gasteiger partial charge in [-0.15, -0.1) is 5.47 Å². The van der Waals surface area contributed by atoms with Crippen LogP contribution in [0.3, 0.4) is 0 Å². The number of aliphatic carboxylic acids is 3. The van der Waals surface area contributed by atoms with Gasteiger partial charge in [0, 0.05) is 59.0 Å². The Bertz CT molecular complexity index is 5700. The molecule has 768 valence electrons. The molecule has 2 heterocycles. The number of alkyl halides is 1. The van der Waals surface area contributed by atoms with Crippen molar-refractivity contribution < 1.29 is 115 Å².